The van der Waals surface area contributed by atoms with Crippen LogP contribution in [0.4, 0.5) is 4.39 Å². The fourth-order valence-corrected chi connectivity index (χ4v) is 6.09. The Kier molecular flexibility index (Phi) is 7.21. The third-order valence-electron chi connectivity index (χ3n) is 8.22. The molecule has 3 unspecified atom stereocenters. The topological polar surface area (TPSA) is 94.7 Å². The Balaban J connectivity index is 1.03. The zero-order valence-corrected chi connectivity index (χ0v) is 20.9. The molecule has 0 aromatic heterocycles. The zero-order chi connectivity index (χ0) is 24.6. The number of benzene rings is 1. The number of fused-ring (bicyclic) bond motifs is 1. The molecular weight excluding hydrogens is 473 g/mol. The van der Waals surface area contributed by atoms with Crippen LogP contribution in [0.3, 0.4) is 0 Å². The second kappa shape index (κ2) is 10.2. The van der Waals surface area contributed by atoms with Crippen LogP contribution in [0.25, 0.3) is 0 Å². The summed E-state index contributed by atoms with van der Waals surface area (Å²) in [5.41, 5.74) is -0.237. The van der Waals surface area contributed by atoms with Crippen molar-refractivity contribution in [2.24, 2.45) is 11.8 Å². The minimum absolute atomic E-state index is 0.00943. The number of ether oxygens (including phenoxy) is 1. The van der Waals surface area contributed by atoms with Crippen molar-refractivity contribution in [3.63, 3.8) is 0 Å². The lowest BCUT2D eigenvalue weighted by molar-refractivity contribution is -0.127. The third kappa shape index (κ3) is 5.58. The van der Waals surface area contributed by atoms with Crippen LogP contribution < -0.4 is 26.0 Å². The van der Waals surface area contributed by atoms with Crippen molar-refractivity contribution in [1.29, 1.82) is 0 Å². The summed E-state index contributed by atoms with van der Waals surface area (Å²) in [6.07, 6.45) is 6.73. The van der Waals surface area contributed by atoms with Gasteiger partial charge >= 0.3 is 0 Å². The number of nitrogens with zero attached hydrogens (tertiary/aromatic N) is 1. The normalized spacial score (nSPS) is 32.0. The van der Waals surface area contributed by atoms with Crippen molar-refractivity contribution >= 4 is 23.4 Å². The Bertz CT molecular complexity index is 947. The van der Waals surface area contributed by atoms with E-state index < -0.39 is 5.82 Å². The lowest BCUT2D eigenvalue weighted by atomic mass is 9.76. The highest BCUT2D eigenvalue weighted by molar-refractivity contribution is 6.30. The van der Waals surface area contributed by atoms with Gasteiger partial charge in [0.05, 0.1) is 17.2 Å². The molecule has 8 nitrogen and oxygen atoms in total. The van der Waals surface area contributed by atoms with Gasteiger partial charge in [-0.3, -0.25) is 19.8 Å². The average Bonchev–Trinajstić information content (AvgIpc) is 3.30. The molecule has 1 saturated heterocycles. The third-order valence-corrected chi connectivity index (χ3v) is 8.52. The summed E-state index contributed by atoms with van der Waals surface area (Å²) < 4.78 is 18.9. The predicted octanol–water partition coefficient (Wildman–Crippen LogP) is 1.63. The maximum Gasteiger partial charge on any atom is 0.258 e. The van der Waals surface area contributed by atoms with Gasteiger partial charge in [-0.1, -0.05) is 18.0 Å². The number of carbonyl (C=O) groups excluding carboxylic acids is 2. The summed E-state index contributed by atoms with van der Waals surface area (Å²) in [6, 6.07) is 3.84. The largest absolute Gasteiger partial charge is 0.484 e. The molecule has 4 N–H and O–H groups in total. The monoisotopic (exact) mass is 507 g/mol. The smallest absolute Gasteiger partial charge is 0.258 e. The molecule has 1 aromatic rings. The number of halogens is 2. The molecule has 1 aliphatic heterocycles. The van der Waals surface area contributed by atoms with Crippen molar-refractivity contribution < 1.29 is 18.7 Å². The van der Waals surface area contributed by atoms with Crippen LogP contribution in [0.1, 0.15) is 38.5 Å². The SMILES string of the molecule is CN(CC1CCC1)C1CNC(C(=O)NC23CC(C2)C(NC(=O)COc2ccc(Cl)c(F)c2)C3)CN1. The fourth-order valence-electron chi connectivity index (χ4n) is 5.98. The van der Waals surface area contributed by atoms with E-state index in [9.17, 15) is 14.0 Å². The first-order valence-electron chi connectivity index (χ1n) is 12.7. The number of hydrogen-bond acceptors (Lipinski definition) is 6. The molecule has 2 amide bonds. The first-order valence-corrected chi connectivity index (χ1v) is 13.0. The molecule has 5 fully saturated rings. The molecule has 5 aliphatic rings. The Morgan fingerprint density at radius 1 is 1.23 bits per heavy atom. The highest BCUT2D eigenvalue weighted by Crippen LogP contribution is 2.52. The summed E-state index contributed by atoms with van der Waals surface area (Å²) in [5, 5.41) is 13.2. The summed E-state index contributed by atoms with van der Waals surface area (Å²) in [4.78, 5) is 27.7. The molecule has 4 aliphatic carbocycles. The standard InChI is InChI=1S/C25H35ClFN5O3/c1-32(13-15-3-2-4-15)22-12-28-21(11-29-22)24(34)31-25-8-16(9-25)20(10-25)30-23(33)14-35-17-5-6-18(26)19(27)7-17/h5-7,15-16,20-22,28-29H,2-4,8-14H2,1H3,(H,30,33)(H,31,34). The summed E-state index contributed by atoms with van der Waals surface area (Å²) in [5.74, 6) is 0.612. The molecule has 4 saturated carbocycles. The number of nitrogens with one attached hydrogen (secondary N) is 4. The van der Waals surface area contributed by atoms with Crippen LogP contribution in [0.5, 0.6) is 5.75 Å². The van der Waals surface area contributed by atoms with Crippen molar-refractivity contribution in [2.75, 3.05) is 33.3 Å². The van der Waals surface area contributed by atoms with Crippen LogP contribution in [-0.4, -0.2) is 73.8 Å². The second-order valence-electron chi connectivity index (χ2n) is 10.8. The maximum absolute atomic E-state index is 13.5. The first kappa shape index (κ1) is 24.7. The van der Waals surface area contributed by atoms with Crippen LogP contribution >= 0.6 is 11.6 Å². The average molecular weight is 508 g/mol. The van der Waals surface area contributed by atoms with E-state index in [-0.39, 0.29) is 53.0 Å². The van der Waals surface area contributed by atoms with Gasteiger partial charge in [-0.05, 0) is 63.1 Å². The highest BCUT2D eigenvalue weighted by Gasteiger charge is 2.57. The van der Waals surface area contributed by atoms with Gasteiger partial charge in [-0.25, -0.2) is 4.39 Å². The Morgan fingerprint density at radius 2 is 2.03 bits per heavy atom. The van der Waals surface area contributed by atoms with Crippen LogP contribution in [-0.2, 0) is 9.59 Å². The van der Waals surface area contributed by atoms with Gasteiger partial charge in [0.2, 0.25) is 5.91 Å². The maximum atomic E-state index is 13.5. The van der Waals surface area contributed by atoms with Crippen LogP contribution in [0.15, 0.2) is 18.2 Å². The number of piperazine rings is 1. The van der Waals surface area contributed by atoms with E-state index in [1.807, 2.05) is 0 Å². The molecule has 192 valence electrons. The minimum Gasteiger partial charge on any atom is -0.484 e. The van der Waals surface area contributed by atoms with E-state index >= 15 is 0 Å². The molecule has 1 heterocycles. The van der Waals surface area contributed by atoms with Gasteiger partial charge in [0.25, 0.3) is 5.91 Å². The van der Waals surface area contributed by atoms with E-state index in [1.165, 1.54) is 31.4 Å². The van der Waals surface area contributed by atoms with E-state index in [1.54, 1.807) is 0 Å². The van der Waals surface area contributed by atoms with Crippen molar-refractivity contribution in [1.82, 2.24) is 26.2 Å². The lowest BCUT2D eigenvalue weighted by Crippen LogP contribution is -2.66. The van der Waals surface area contributed by atoms with E-state index in [0.717, 1.165) is 44.3 Å². The fraction of sp³-hybridized carbons (Fsp3) is 0.680. The molecular formula is C25H35ClFN5O3. The van der Waals surface area contributed by atoms with Gasteiger partial charge in [-0.2, -0.15) is 0 Å². The zero-order valence-electron chi connectivity index (χ0n) is 20.1. The van der Waals surface area contributed by atoms with Crippen LogP contribution in [0, 0.1) is 17.7 Å². The highest BCUT2D eigenvalue weighted by atomic mass is 35.5. The molecule has 0 radical (unpaired) electrons. The Morgan fingerprint density at radius 3 is 2.69 bits per heavy atom. The number of hydrogen-bond donors (Lipinski definition) is 4. The van der Waals surface area contributed by atoms with E-state index in [2.05, 4.69) is 33.2 Å². The van der Waals surface area contributed by atoms with Gasteiger partial charge in [0.1, 0.15) is 11.6 Å². The number of amides is 2. The Labute approximate surface area is 210 Å². The van der Waals surface area contributed by atoms with Crippen LogP contribution in [0.2, 0.25) is 5.02 Å². The summed E-state index contributed by atoms with van der Waals surface area (Å²) >= 11 is 5.67. The van der Waals surface area contributed by atoms with Gasteiger partial charge < -0.3 is 20.7 Å². The summed E-state index contributed by atoms with van der Waals surface area (Å²) in [7, 11) is 2.15. The number of rotatable bonds is 9. The summed E-state index contributed by atoms with van der Waals surface area (Å²) in [6.45, 7) is 2.26. The van der Waals surface area contributed by atoms with Gasteiger partial charge in [-0.15, -0.1) is 0 Å². The second-order valence-corrected chi connectivity index (χ2v) is 11.2. The van der Waals surface area contributed by atoms with Gasteiger partial charge in [0, 0.05) is 37.3 Å². The minimum atomic E-state index is -0.585. The molecule has 6 rings (SSSR count). The molecule has 0 spiro atoms. The number of carbonyl (C=O) groups is 2. The molecule has 10 heteroatoms. The Hall–Kier alpha value is -1.94. The van der Waals surface area contributed by atoms with Crippen molar-refractivity contribution in [2.45, 2.75) is 62.3 Å². The van der Waals surface area contributed by atoms with Gasteiger partial charge in [0.15, 0.2) is 6.61 Å². The molecule has 1 aromatic carbocycles. The van der Waals surface area contributed by atoms with Crippen molar-refractivity contribution in [3.8, 4) is 5.75 Å². The van der Waals surface area contributed by atoms with E-state index in [4.69, 9.17) is 16.3 Å². The first-order chi connectivity index (χ1) is 16.8. The van der Waals surface area contributed by atoms with E-state index in [0.29, 0.717) is 12.5 Å². The predicted molar refractivity (Wildman–Crippen MR) is 131 cm³/mol. The lowest BCUT2D eigenvalue weighted by Gasteiger charge is -2.42. The number of likely N-dealkylation sites (N-methyl/N-ethyl adjacent to an activating group) is 1. The quantitative estimate of drug-likeness (QED) is 0.406. The molecule has 2 bridgehead atoms. The molecule has 35 heavy (non-hydrogen) atoms. The van der Waals surface area contributed by atoms with Crippen molar-refractivity contribution in [3.05, 3.63) is 29.0 Å². The molecule has 3 atom stereocenters.